The van der Waals surface area contributed by atoms with E-state index in [1.54, 1.807) is 19.2 Å². The summed E-state index contributed by atoms with van der Waals surface area (Å²) in [5.74, 6) is 1.95. The molecule has 0 aliphatic carbocycles. The number of nitrogens with zero attached hydrogens (tertiary/aromatic N) is 2. The summed E-state index contributed by atoms with van der Waals surface area (Å²) in [6.07, 6.45) is 3.66. The number of hydrazone groups is 1. The summed E-state index contributed by atoms with van der Waals surface area (Å²) in [7, 11) is 1.64. The standard InChI is InChI=1S/C27H33ClN4O5/c1-35-21-4-6-22(7-5-21)36-16-2-13-29-20-11-14-32(15-12-20)27(34)18-37-25-9-3-19(17-23(25)28)24-8-10-26(33)31-30-24/h3-7,9,17,20,29H,2,8,10-16,18H2,1H3,(H,31,33). The summed E-state index contributed by atoms with van der Waals surface area (Å²) in [6.45, 7) is 2.84. The maximum atomic E-state index is 12.7. The molecule has 2 aromatic carbocycles. The number of carbonyl (C=O) groups is 2. The van der Waals surface area contributed by atoms with Crippen LogP contribution in [-0.4, -0.2) is 68.4 Å². The molecule has 0 unspecified atom stereocenters. The molecule has 198 valence electrons. The summed E-state index contributed by atoms with van der Waals surface area (Å²) in [4.78, 5) is 25.8. The van der Waals surface area contributed by atoms with Gasteiger partial charge in [0.2, 0.25) is 5.91 Å². The van der Waals surface area contributed by atoms with Gasteiger partial charge in [-0.2, -0.15) is 5.10 Å². The van der Waals surface area contributed by atoms with Gasteiger partial charge in [0.25, 0.3) is 5.91 Å². The molecule has 9 nitrogen and oxygen atoms in total. The molecule has 2 amide bonds. The number of hydrogen-bond acceptors (Lipinski definition) is 7. The molecule has 1 saturated heterocycles. The van der Waals surface area contributed by atoms with Crippen LogP contribution in [0.2, 0.25) is 5.02 Å². The molecule has 2 heterocycles. The number of halogens is 1. The van der Waals surface area contributed by atoms with Gasteiger partial charge in [-0.3, -0.25) is 9.59 Å². The second kappa shape index (κ2) is 13.3. The third-order valence-electron chi connectivity index (χ3n) is 6.45. The highest BCUT2D eigenvalue weighted by Gasteiger charge is 2.23. The third kappa shape index (κ3) is 7.84. The number of amides is 2. The maximum Gasteiger partial charge on any atom is 0.260 e. The van der Waals surface area contributed by atoms with Gasteiger partial charge in [-0.15, -0.1) is 0 Å². The number of rotatable bonds is 11. The number of hydrogen-bond donors (Lipinski definition) is 2. The Labute approximate surface area is 222 Å². The summed E-state index contributed by atoms with van der Waals surface area (Å²) < 4.78 is 16.6. The van der Waals surface area contributed by atoms with E-state index in [-0.39, 0.29) is 18.4 Å². The minimum absolute atomic E-state index is 0.0501. The van der Waals surface area contributed by atoms with Crippen LogP contribution in [-0.2, 0) is 9.59 Å². The zero-order valence-corrected chi connectivity index (χ0v) is 21.8. The molecule has 0 spiro atoms. The average Bonchev–Trinajstić information content (AvgIpc) is 2.93. The van der Waals surface area contributed by atoms with Crippen molar-refractivity contribution in [1.82, 2.24) is 15.6 Å². The van der Waals surface area contributed by atoms with E-state index >= 15 is 0 Å². The van der Waals surface area contributed by atoms with Crippen LogP contribution < -0.4 is 25.0 Å². The Balaban J connectivity index is 1.12. The van der Waals surface area contributed by atoms with E-state index in [4.69, 9.17) is 25.8 Å². The smallest absolute Gasteiger partial charge is 0.260 e. The summed E-state index contributed by atoms with van der Waals surface area (Å²) in [5.41, 5.74) is 4.07. The highest BCUT2D eigenvalue weighted by Crippen LogP contribution is 2.27. The minimum atomic E-state index is -0.0940. The normalized spacial score (nSPS) is 16.1. The summed E-state index contributed by atoms with van der Waals surface area (Å²) in [6, 6.07) is 13.3. The molecule has 2 aliphatic rings. The van der Waals surface area contributed by atoms with Crippen molar-refractivity contribution in [3.8, 4) is 17.2 Å². The van der Waals surface area contributed by atoms with Crippen molar-refractivity contribution in [2.75, 3.05) is 40.0 Å². The molecule has 37 heavy (non-hydrogen) atoms. The summed E-state index contributed by atoms with van der Waals surface area (Å²) >= 11 is 6.37. The Hall–Kier alpha value is -3.30. The van der Waals surface area contributed by atoms with Crippen LogP contribution in [0.5, 0.6) is 17.2 Å². The lowest BCUT2D eigenvalue weighted by atomic mass is 10.0. The van der Waals surface area contributed by atoms with Gasteiger partial charge < -0.3 is 24.4 Å². The Morgan fingerprint density at radius 2 is 1.86 bits per heavy atom. The van der Waals surface area contributed by atoms with Crippen LogP contribution in [0.1, 0.15) is 37.7 Å². The van der Waals surface area contributed by atoms with Crippen molar-refractivity contribution in [2.24, 2.45) is 5.10 Å². The molecule has 0 atom stereocenters. The molecule has 0 saturated carbocycles. The molecule has 2 N–H and O–H groups in total. The molecule has 2 aliphatic heterocycles. The van der Waals surface area contributed by atoms with E-state index in [0.717, 1.165) is 48.6 Å². The number of benzene rings is 2. The number of ether oxygens (including phenoxy) is 3. The first-order chi connectivity index (χ1) is 18.0. The lowest BCUT2D eigenvalue weighted by Gasteiger charge is -2.32. The second-order valence-electron chi connectivity index (χ2n) is 9.01. The molecule has 0 radical (unpaired) electrons. The number of likely N-dealkylation sites (tertiary alicyclic amines) is 1. The topological polar surface area (TPSA) is 101 Å². The van der Waals surface area contributed by atoms with Crippen LogP contribution in [0.4, 0.5) is 0 Å². The lowest BCUT2D eigenvalue weighted by molar-refractivity contribution is -0.134. The van der Waals surface area contributed by atoms with E-state index in [2.05, 4.69) is 15.8 Å². The Morgan fingerprint density at radius 3 is 2.54 bits per heavy atom. The Morgan fingerprint density at radius 1 is 1.11 bits per heavy atom. The van der Waals surface area contributed by atoms with Crippen molar-refractivity contribution in [1.29, 1.82) is 0 Å². The Kier molecular flexibility index (Phi) is 9.62. The summed E-state index contributed by atoms with van der Waals surface area (Å²) in [5, 5.41) is 8.05. The molecular formula is C27H33ClN4O5. The number of nitrogens with one attached hydrogen (secondary N) is 2. The molecule has 1 fully saturated rings. The fraction of sp³-hybridized carbons (Fsp3) is 0.444. The quantitative estimate of drug-likeness (QED) is 0.434. The monoisotopic (exact) mass is 528 g/mol. The molecule has 4 rings (SSSR count). The largest absolute Gasteiger partial charge is 0.497 e. The predicted molar refractivity (Wildman–Crippen MR) is 142 cm³/mol. The van der Waals surface area contributed by atoms with Crippen molar-refractivity contribution in [3.05, 3.63) is 53.1 Å². The third-order valence-corrected chi connectivity index (χ3v) is 6.75. The van der Waals surface area contributed by atoms with E-state index in [1.807, 2.05) is 35.2 Å². The highest BCUT2D eigenvalue weighted by atomic mass is 35.5. The van der Waals surface area contributed by atoms with Gasteiger partial charge in [-0.05, 0) is 73.8 Å². The Bertz CT molecular complexity index is 1100. The molecule has 2 aromatic rings. The van der Waals surface area contributed by atoms with Gasteiger partial charge in [0, 0.05) is 32.0 Å². The number of piperidine rings is 1. The zero-order valence-electron chi connectivity index (χ0n) is 21.0. The first kappa shape index (κ1) is 26.8. The number of carbonyl (C=O) groups excluding carboxylic acids is 2. The average molecular weight is 529 g/mol. The second-order valence-corrected chi connectivity index (χ2v) is 9.42. The van der Waals surface area contributed by atoms with Crippen LogP contribution in [0.25, 0.3) is 0 Å². The lowest BCUT2D eigenvalue weighted by Crippen LogP contribution is -2.46. The highest BCUT2D eigenvalue weighted by molar-refractivity contribution is 6.32. The van der Waals surface area contributed by atoms with Crippen molar-refractivity contribution in [3.63, 3.8) is 0 Å². The fourth-order valence-electron chi connectivity index (χ4n) is 4.28. The number of methoxy groups -OCH3 is 1. The van der Waals surface area contributed by atoms with Gasteiger partial charge in [-0.25, -0.2) is 5.43 Å². The van der Waals surface area contributed by atoms with Gasteiger partial charge in [0.1, 0.15) is 17.2 Å². The molecule has 10 heteroatoms. The van der Waals surface area contributed by atoms with Crippen LogP contribution in [0.15, 0.2) is 47.6 Å². The van der Waals surface area contributed by atoms with E-state index < -0.39 is 0 Å². The SMILES string of the molecule is COc1ccc(OCCCNC2CCN(C(=O)COc3ccc(C4=NNC(=O)CC4)cc3Cl)CC2)cc1. The molecular weight excluding hydrogens is 496 g/mol. The van der Waals surface area contributed by atoms with E-state index in [9.17, 15) is 9.59 Å². The van der Waals surface area contributed by atoms with Crippen LogP contribution in [0, 0.1) is 0 Å². The van der Waals surface area contributed by atoms with Gasteiger partial charge >= 0.3 is 0 Å². The van der Waals surface area contributed by atoms with Crippen LogP contribution >= 0.6 is 11.6 Å². The minimum Gasteiger partial charge on any atom is -0.497 e. The predicted octanol–water partition coefficient (Wildman–Crippen LogP) is 3.39. The van der Waals surface area contributed by atoms with Gasteiger partial charge in [-0.1, -0.05) is 11.6 Å². The van der Waals surface area contributed by atoms with Crippen LogP contribution in [0.3, 0.4) is 0 Å². The van der Waals surface area contributed by atoms with Crippen molar-refractivity contribution in [2.45, 2.75) is 38.1 Å². The van der Waals surface area contributed by atoms with E-state index in [1.165, 1.54) is 0 Å². The van der Waals surface area contributed by atoms with Crippen molar-refractivity contribution < 1.29 is 23.8 Å². The van der Waals surface area contributed by atoms with Crippen molar-refractivity contribution >= 4 is 29.1 Å². The molecule has 0 bridgehead atoms. The first-order valence-corrected chi connectivity index (χ1v) is 13.0. The molecule has 0 aromatic heterocycles. The van der Waals surface area contributed by atoms with Gasteiger partial charge in [0.15, 0.2) is 6.61 Å². The van der Waals surface area contributed by atoms with Gasteiger partial charge in [0.05, 0.1) is 24.5 Å². The fourth-order valence-corrected chi connectivity index (χ4v) is 4.52. The zero-order chi connectivity index (χ0) is 26.0. The van der Waals surface area contributed by atoms with E-state index in [0.29, 0.717) is 49.4 Å². The first-order valence-electron chi connectivity index (χ1n) is 12.6. The maximum absolute atomic E-state index is 12.7.